The van der Waals surface area contributed by atoms with Crippen molar-refractivity contribution in [3.8, 4) is 11.3 Å². The minimum atomic E-state index is -0.00857. The van der Waals surface area contributed by atoms with Gasteiger partial charge >= 0.3 is 0 Å². The quantitative estimate of drug-likeness (QED) is 0.853. The summed E-state index contributed by atoms with van der Waals surface area (Å²) in [7, 11) is 1.75. The molecular formula is C15H17N3O. The number of hydrogen-bond acceptors (Lipinski definition) is 3. The van der Waals surface area contributed by atoms with Gasteiger partial charge in [-0.05, 0) is 30.8 Å². The Morgan fingerprint density at radius 1 is 1.21 bits per heavy atom. The van der Waals surface area contributed by atoms with Crippen molar-refractivity contribution in [3.05, 3.63) is 54.2 Å². The largest absolute Gasteiger partial charge is 0.351 e. The minimum absolute atomic E-state index is 0.00857. The van der Waals surface area contributed by atoms with Crippen LogP contribution in [0.5, 0.6) is 0 Å². The molecule has 0 spiro atoms. The van der Waals surface area contributed by atoms with Gasteiger partial charge in [0.05, 0.1) is 12.2 Å². The molecule has 0 aliphatic rings. The van der Waals surface area contributed by atoms with E-state index < -0.39 is 0 Å². The molecule has 2 N–H and O–H groups in total. The van der Waals surface area contributed by atoms with E-state index in [1.165, 1.54) is 0 Å². The molecule has 1 aromatic heterocycles. The lowest BCUT2D eigenvalue weighted by atomic mass is 10.1. The number of benzene rings is 1. The van der Waals surface area contributed by atoms with Crippen LogP contribution in [-0.4, -0.2) is 24.5 Å². The van der Waals surface area contributed by atoms with Crippen LogP contribution in [0.2, 0.25) is 0 Å². The summed E-state index contributed by atoms with van der Waals surface area (Å²) in [6, 6.07) is 13.9. The Morgan fingerprint density at radius 2 is 2.11 bits per heavy atom. The second-order valence-corrected chi connectivity index (χ2v) is 4.22. The molecular weight excluding hydrogens is 238 g/mol. The number of carbonyl (C=O) groups excluding carboxylic acids is 1. The number of pyridine rings is 1. The smallest absolute Gasteiger partial charge is 0.234 e. The second kappa shape index (κ2) is 6.66. The third-order valence-corrected chi connectivity index (χ3v) is 2.71. The van der Waals surface area contributed by atoms with Gasteiger partial charge in [0, 0.05) is 18.3 Å². The van der Waals surface area contributed by atoms with Crippen LogP contribution >= 0.6 is 0 Å². The van der Waals surface area contributed by atoms with Gasteiger partial charge in [0.25, 0.3) is 0 Å². The first-order valence-electron chi connectivity index (χ1n) is 6.21. The molecule has 0 aliphatic heterocycles. The maximum atomic E-state index is 11.4. The monoisotopic (exact) mass is 255 g/mol. The summed E-state index contributed by atoms with van der Waals surface area (Å²) in [5.74, 6) is -0.00857. The summed E-state index contributed by atoms with van der Waals surface area (Å²) in [5, 5.41) is 5.68. The molecule has 2 aromatic rings. The number of likely N-dealkylation sites (N-methyl/N-ethyl adjacent to an activating group) is 1. The van der Waals surface area contributed by atoms with Crippen LogP contribution < -0.4 is 10.6 Å². The molecule has 0 radical (unpaired) electrons. The Balaban J connectivity index is 2.06. The van der Waals surface area contributed by atoms with E-state index in [4.69, 9.17) is 0 Å². The average Bonchev–Trinajstić information content (AvgIpc) is 2.47. The number of nitrogens with zero attached hydrogens (tertiary/aromatic N) is 1. The van der Waals surface area contributed by atoms with Gasteiger partial charge in [-0.2, -0.15) is 0 Å². The Kier molecular flexibility index (Phi) is 4.64. The highest BCUT2D eigenvalue weighted by molar-refractivity contribution is 5.78. The van der Waals surface area contributed by atoms with Crippen molar-refractivity contribution in [2.75, 3.05) is 13.6 Å². The standard InChI is InChI=1S/C15H17N3O/c1-16-11-15(19)18-10-12-5-4-6-13(9-12)14-7-2-3-8-17-14/h2-9,16H,10-11H2,1H3,(H,18,19). The summed E-state index contributed by atoms with van der Waals surface area (Å²) in [4.78, 5) is 15.7. The second-order valence-electron chi connectivity index (χ2n) is 4.22. The highest BCUT2D eigenvalue weighted by atomic mass is 16.1. The first-order chi connectivity index (χ1) is 9.29. The number of rotatable bonds is 5. The number of hydrogen-bond donors (Lipinski definition) is 2. The fraction of sp³-hybridized carbons (Fsp3) is 0.200. The molecule has 1 heterocycles. The van der Waals surface area contributed by atoms with Gasteiger partial charge in [-0.3, -0.25) is 9.78 Å². The van der Waals surface area contributed by atoms with E-state index in [0.717, 1.165) is 16.8 Å². The van der Waals surface area contributed by atoms with Gasteiger partial charge in [0.15, 0.2) is 0 Å². The topological polar surface area (TPSA) is 54.0 Å². The van der Waals surface area contributed by atoms with Gasteiger partial charge in [-0.15, -0.1) is 0 Å². The lowest BCUT2D eigenvalue weighted by molar-refractivity contribution is -0.120. The summed E-state index contributed by atoms with van der Waals surface area (Å²) < 4.78 is 0. The lowest BCUT2D eigenvalue weighted by Crippen LogP contribution is -2.31. The van der Waals surface area contributed by atoms with Crippen molar-refractivity contribution in [2.45, 2.75) is 6.54 Å². The molecule has 4 heteroatoms. The maximum absolute atomic E-state index is 11.4. The van der Waals surface area contributed by atoms with Crippen LogP contribution in [0.1, 0.15) is 5.56 Å². The summed E-state index contributed by atoms with van der Waals surface area (Å²) in [6.45, 7) is 0.862. The predicted molar refractivity (Wildman–Crippen MR) is 75.4 cm³/mol. The Labute approximate surface area is 112 Å². The number of carbonyl (C=O) groups is 1. The molecule has 1 amide bonds. The zero-order chi connectivity index (χ0) is 13.5. The highest BCUT2D eigenvalue weighted by Gasteiger charge is 2.02. The van der Waals surface area contributed by atoms with Crippen LogP contribution in [0.25, 0.3) is 11.3 Å². The van der Waals surface area contributed by atoms with Gasteiger partial charge in [-0.25, -0.2) is 0 Å². The molecule has 0 aliphatic carbocycles. The van der Waals surface area contributed by atoms with Crippen LogP contribution in [-0.2, 0) is 11.3 Å². The molecule has 0 saturated carbocycles. The van der Waals surface area contributed by atoms with Gasteiger partial charge in [0.2, 0.25) is 5.91 Å². The molecule has 0 unspecified atom stereocenters. The van der Waals surface area contributed by atoms with E-state index >= 15 is 0 Å². The molecule has 0 fully saturated rings. The Morgan fingerprint density at radius 3 is 2.84 bits per heavy atom. The number of aromatic nitrogens is 1. The average molecular weight is 255 g/mol. The zero-order valence-corrected chi connectivity index (χ0v) is 10.9. The van der Waals surface area contributed by atoms with E-state index in [2.05, 4.69) is 15.6 Å². The van der Waals surface area contributed by atoms with Crippen LogP contribution in [0.3, 0.4) is 0 Å². The molecule has 0 atom stereocenters. The van der Waals surface area contributed by atoms with Crippen LogP contribution in [0.15, 0.2) is 48.7 Å². The third-order valence-electron chi connectivity index (χ3n) is 2.71. The van der Waals surface area contributed by atoms with Crippen molar-refractivity contribution >= 4 is 5.91 Å². The van der Waals surface area contributed by atoms with Crippen molar-refractivity contribution in [3.63, 3.8) is 0 Å². The fourth-order valence-corrected chi connectivity index (χ4v) is 1.80. The molecule has 0 bridgehead atoms. The molecule has 4 nitrogen and oxygen atoms in total. The number of nitrogens with one attached hydrogen (secondary N) is 2. The minimum Gasteiger partial charge on any atom is -0.351 e. The van der Waals surface area contributed by atoms with E-state index in [1.54, 1.807) is 13.2 Å². The van der Waals surface area contributed by atoms with E-state index in [0.29, 0.717) is 13.1 Å². The summed E-state index contributed by atoms with van der Waals surface area (Å²) in [6.07, 6.45) is 1.77. The molecule has 2 rings (SSSR count). The Bertz CT molecular complexity index is 540. The molecule has 1 aromatic carbocycles. The normalized spacial score (nSPS) is 10.2. The van der Waals surface area contributed by atoms with Gasteiger partial charge in [-0.1, -0.05) is 24.3 Å². The van der Waals surface area contributed by atoms with E-state index in [9.17, 15) is 4.79 Å². The predicted octanol–water partition coefficient (Wildman–Crippen LogP) is 1.58. The molecule has 98 valence electrons. The SMILES string of the molecule is CNCC(=O)NCc1cccc(-c2ccccn2)c1. The van der Waals surface area contributed by atoms with Crippen LogP contribution in [0, 0.1) is 0 Å². The van der Waals surface area contributed by atoms with Gasteiger partial charge < -0.3 is 10.6 Å². The first-order valence-corrected chi connectivity index (χ1v) is 6.21. The zero-order valence-electron chi connectivity index (χ0n) is 10.9. The van der Waals surface area contributed by atoms with Crippen LogP contribution in [0.4, 0.5) is 0 Å². The van der Waals surface area contributed by atoms with Crippen molar-refractivity contribution in [1.82, 2.24) is 15.6 Å². The molecule has 19 heavy (non-hydrogen) atoms. The lowest BCUT2D eigenvalue weighted by Gasteiger charge is -2.07. The highest BCUT2D eigenvalue weighted by Crippen LogP contribution is 2.17. The number of amides is 1. The summed E-state index contributed by atoms with van der Waals surface area (Å²) in [5.41, 5.74) is 3.06. The van der Waals surface area contributed by atoms with E-state index in [-0.39, 0.29) is 5.91 Å². The fourth-order valence-electron chi connectivity index (χ4n) is 1.80. The van der Waals surface area contributed by atoms with Crippen molar-refractivity contribution in [1.29, 1.82) is 0 Å². The molecule has 0 saturated heterocycles. The first kappa shape index (κ1) is 13.2. The van der Waals surface area contributed by atoms with Crippen molar-refractivity contribution in [2.24, 2.45) is 0 Å². The Hall–Kier alpha value is -2.20. The third kappa shape index (κ3) is 3.89. The van der Waals surface area contributed by atoms with Gasteiger partial charge in [0.1, 0.15) is 0 Å². The maximum Gasteiger partial charge on any atom is 0.234 e. The van der Waals surface area contributed by atoms with E-state index in [1.807, 2.05) is 42.5 Å². The summed E-state index contributed by atoms with van der Waals surface area (Å²) >= 11 is 0. The van der Waals surface area contributed by atoms with Crippen molar-refractivity contribution < 1.29 is 4.79 Å².